The summed E-state index contributed by atoms with van der Waals surface area (Å²) >= 11 is 0. The summed E-state index contributed by atoms with van der Waals surface area (Å²) in [6, 6.07) is 24.3. The van der Waals surface area contributed by atoms with Gasteiger partial charge in [0.05, 0.1) is 18.3 Å². The summed E-state index contributed by atoms with van der Waals surface area (Å²) in [6.45, 7) is 1.59. The van der Waals surface area contributed by atoms with Crippen molar-refractivity contribution in [2.45, 2.75) is 18.9 Å². The van der Waals surface area contributed by atoms with Crippen LogP contribution in [0.15, 0.2) is 79.1 Å². The van der Waals surface area contributed by atoms with Gasteiger partial charge in [-0.2, -0.15) is 0 Å². The second-order valence-corrected chi connectivity index (χ2v) is 9.18. The van der Waals surface area contributed by atoms with E-state index in [0.29, 0.717) is 0 Å². The van der Waals surface area contributed by atoms with Crippen LogP contribution in [0.25, 0.3) is 22.2 Å². The van der Waals surface area contributed by atoms with Gasteiger partial charge >= 0.3 is 0 Å². The molecular weight excluding hydrogens is 436 g/mol. The van der Waals surface area contributed by atoms with Gasteiger partial charge < -0.3 is 19.7 Å². The molecule has 2 aliphatic heterocycles. The van der Waals surface area contributed by atoms with Crippen molar-refractivity contribution in [1.29, 1.82) is 0 Å². The van der Waals surface area contributed by atoms with E-state index in [1.54, 1.807) is 18.5 Å². The zero-order chi connectivity index (χ0) is 23.4. The van der Waals surface area contributed by atoms with Crippen LogP contribution in [0.5, 0.6) is 11.5 Å². The summed E-state index contributed by atoms with van der Waals surface area (Å²) in [6.07, 6.45) is 3.50. The van der Waals surface area contributed by atoms with Gasteiger partial charge in [0.2, 0.25) is 0 Å². The van der Waals surface area contributed by atoms with Gasteiger partial charge in [-0.15, -0.1) is 0 Å². The van der Waals surface area contributed by atoms with Crippen LogP contribution in [0.1, 0.15) is 28.4 Å². The fourth-order valence-electron chi connectivity index (χ4n) is 5.50. The van der Waals surface area contributed by atoms with Crippen molar-refractivity contribution >= 4 is 16.7 Å². The molecule has 7 rings (SSSR count). The average molecular weight is 461 g/mol. The number of phenols is 1. The van der Waals surface area contributed by atoms with E-state index in [9.17, 15) is 5.11 Å². The number of hydrogen-bond donors (Lipinski definition) is 2. The van der Waals surface area contributed by atoms with Gasteiger partial charge in [-0.1, -0.05) is 24.3 Å². The molecule has 4 heterocycles. The first-order valence-electron chi connectivity index (χ1n) is 12.0. The first-order valence-corrected chi connectivity index (χ1v) is 12.0. The molecule has 1 unspecified atom stereocenters. The third-order valence-electron chi connectivity index (χ3n) is 7.17. The van der Waals surface area contributed by atoms with E-state index in [1.807, 2.05) is 18.2 Å². The fourth-order valence-corrected chi connectivity index (χ4v) is 5.50. The smallest absolute Gasteiger partial charge is 0.133 e. The van der Waals surface area contributed by atoms with Crippen LogP contribution >= 0.6 is 0 Å². The molecule has 6 nitrogen and oxygen atoms in total. The number of anilines is 1. The first kappa shape index (κ1) is 20.1. The second kappa shape index (κ2) is 7.87. The van der Waals surface area contributed by atoms with Gasteiger partial charge in [0.1, 0.15) is 23.6 Å². The quantitative estimate of drug-likeness (QED) is 0.376. The molecule has 0 radical (unpaired) electrons. The molecule has 0 aliphatic carbocycles. The largest absolute Gasteiger partial charge is 0.508 e. The second-order valence-electron chi connectivity index (χ2n) is 9.18. The minimum atomic E-state index is -0.000354. The first-order chi connectivity index (χ1) is 17.2. The maximum Gasteiger partial charge on any atom is 0.133 e. The van der Waals surface area contributed by atoms with Gasteiger partial charge in [-0.3, -0.25) is 0 Å². The Morgan fingerprint density at radius 2 is 1.83 bits per heavy atom. The molecule has 172 valence electrons. The predicted molar refractivity (Wildman–Crippen MR) is 136 cm³/mol. The lowest BCUT2D eigenvalue weighted by molar-refractivity contribution is 0.357. The van der Waals surface area contributed by atoms with Crippen molar-refractivity contribution < 1.29 is 9.84 Å². The molecule has 5 aromatic rings. The van der Waals surface area contributed by atoms with Crippen molar-refractivity contribution in [3.8, 4) is 22.8 Å². The number of para-hydroxylation sites is 1. The molecule has 0 saturated carbocycles. The number of ether oxygens (including phenoxy) is 1. The van der Waals surface area contributed by atoms with E-state index in [2.05, 4.69) is 57.3 Å². The summed E-state index contributed by atoms with van der Waals surface area (Å²) in [4.78, 5) is 15.3. The number of fused-ring (bicyclic) bond motifs is 4. The topological polar surface area (TPSA) is 74.3 Å². The highest BCUT2D eigenvalue weighted by Gasteiger charge is 2.33. The molecule has 3 aromatic carbocycles. The maximum absolute atomic E-state index is 9.69. The molecule has 35 heavy (non-hydrogen) atoms. The molecule has 0 fully saturated rings. The molecule has 1 atom stereocenters. The minimum Gasteiger partial charge on any atom is -0.508 e. The molecule has 6 heteroatoms. The van der Waals surface area contributed by atoms with E-state index < -0.39 is 0 Å². The Balaban J connectivity index is 1.38. The predicted octanol–water partition coefficient (Wildman–Crippen LogP) is 5.42. The number of aromatic amines is 1. The Bertz CT molecular complexity index is 1560. The number of phenolic OH excluding ortho intramolecular Hbond substituents is 1. The standard InChI is InChI=1S/C29H24N4O2/c34-21-8-5-18(6-9-21)25-16-27(31-17-30-25)33-13-11-23-22-3-1-2-4-24(22)32-28(23)29(33)20-7-10-26-19(15-20)12-14-35-26/h1-10,15-17,29,32,34H,11-14H2. The van der Waals surface area contributed by atoms with Gasteiger partial charge in [-0.05, 0) is 65.6 Å². The molecular formula is C29H24N4O2. The summed E-state index contributed by atoms with van der Waals surface area (Å²) in [5.41, 5.74) is 8.04. The molecule has 2 aliphatic rings. The Hall–Kier alpha value is -4.32. The molecule has 0 spiro atoms. The lowest BCUT2D eigenvalue weighted by Gasteiger charge is -2.37. The summed E-state index contributed by atoms with van der Waals surface area (Å²) in [5, 5.41) is 11.0. The van der Waals surface area contributed by atoms with Gasteiger partial charge in [0, 0.05) is 41.2 Å². The van der Waals surface area contributed by atoms with E-state index in [-0.39, 0.29) is 11.8 Å². The fraction of sp³-hybridized carbons (Fsp3) is 0.172. The molecule has 0 bridgehead atoms. The summed E-state index contributed by atoms with van der Waals surface area (Å²) < 4.78 is 5.78. The van der Waals surface area contributed by atoms with E-state index in [0.717, 1.165) is 48.8 Å². The Kier molecular flexibility index (Phi) is 4.52. The minimum absolute atomic E-state index is 0.000354. The molecule has 2 aromatic heterocycles. The third kappa shape index (κ3) is 3.33. The van der Waals surface area contributed by atoms with Crippen LogP contribution < -0.4 is 9.64 Å². The van der Waals surface area contributed by atoms with Crippen molar-refractivity contribution in [1.82, 2.24) is 15.0 Å². The normalized spacial score (nSPS) is 16.7. The molecule has 0 saturated heterocycles. The Morgan fingerprint density at radius 1 is 0.943 bits per heavy atom. The number of aromatic nitrogens is 3. The van der Waals surface area contributed by atoms with Crippen LogP contribution in [-0.4, -0.2) is 33.2 Å². The van der Waals surface area contributed by atoms with Gasteiger partial charge in [0.15, 0.2) is 0 Å². The van der Waals surface area contributed by atoms with Crippen LogP contribution in [-0.2, 0) is 12.8 Å². The van der Waals surface area contributed by atoms with E-state index in [1.165, 1.54) is 33.3 Å². The number of rotatable bonds is 3. The Morgan fingerprint density at radius 3 is 2.74 bits per heavy atom. The van der Waals surface area contributed by atoms with E-state index in [4.69, 9.17) is 9.72 Å². The molecule has 2 N–H and O–H groups in total. The maximum atomic E-state index is 9.69. The third-order valence-corrected chi connectivity index (χ3v) is 7.17. The Labute approximate surface area is 202 Å². The van der Waals surface area contributed by atoms with Gasteiger partial charge in [-0.25, -0.2) is 9.97 Å². The number of hydrogen-bond acceptors (Lipinski definition) is 5. The van der Waals surface area contributed by atoms with Crippen molar-refractivity contribution in [2.75, 3.05) is 18.1 Å². The lowest BCUT2D eigenvalue weighted by Crippen LogP contribution is -2.36. The van der Waals surface area contributed by atoms with Crippen LogP contribution in [0, 0.1) is 0 Å². The lowest BCUT2D eigenvalue weighted by atomic mass is 9.91. The summed E-state index contributed by atoms with van der Waals surface area (Å²) in [5.74, 6) is 2.12. The SMILES string of the molecule is Oc1ccc(-c2cc(N3CCc4c([nH]c5ccccc45)C3c3ccc4c(c3)CCO4)ncn2)cc1. The highest BCUT2D eigenvalue weighted by atomic mass is 16.5. The number of benzene rings is 3. The summed E-state index contributed by atoms with van der Waals surface area (Å²) in [7, 11) is 0. The molecule has 0 amide bonds. The van der Waals surface area contributed by atoms with Crippen LogP contribution in [0.3, 0.4) is 0 Å². The zero-order valence-electron chi connectivity index (χ0n) is 19.1. The monoisotopic (exact) mass is 460 g/mol. The van der Waals surface area contributed by atoms with Crippen LogP contribution in [0.2, 0.25) is 0 Å². The number of aromatic hydroxyl groups is 1. The van der Waals surface area contributed by atoms with Crippen LogP contribution in [0.4, 0.5) is 5.82 Å². The zero-order valence-corrected chi connectivity index (χ0v) is 19.1. The van der Waals surface area contributed by atoms with Crippen molar-refractivity contribution in [2.24, 2.45) is 0 Å². The average Bonchev–Trinajstić information content (AvgIpc) is 3.52. The van der Waals surface area contributed by atoms with E-state index >= 15 is 0 Å². The number of nitrogens with one attached hydrogen (secondary N) is 1. The highest BCUT2D eigenvalue weighted by molar-refractivity contribution is 5.86. The van der Waals surface area contributed by atoms with Crippen molar-refractivity contribution in [3.05, 3.63) is 102 Å². The van der Waals surface area contributed by atoms with Gasteiger partial charge in [0.25, 0.3) is 0 Å². The number of H-pyrrole nitrogens is 1. The number of nitrogens with zero attached hydrogens (tertiary/aromatic N) is 3. The van der Waals surface area contributed by atoms with Crippen molar-refractivity contribution in [3.63, 3.8) is 0 Å². The highest BCUT2D eigenvalue weighted by Crippen LogP contribution is 2.42.